The lowest BCUT2D eigenvalue weighted by Gasteiger charge is -2.16. The smallest absolute Gasteiger partial charge is 0.274 e. The molecular weight excluding hydrogens is 310 g/mol. The van der Waals surface area contributed by atoms with Crippen molar-refractivity contribution in [1.29, 1.82) is 0 Å². The zero-order valence-electron chi connectivity index (χ0n) is 15.0. The van der Waals surface area contributed by atoms with Crippen LogP contribution in [0.5, 0.6) is 0 Å². The van der Waals surface area contributed by atoms with Crippen LogP contribution in [0.1, 0.15) is 25.1 Å². The van der Waals surface area contributed by atoms with Crippen molar-refractivity contribution >= 4 is 10.8 Å². The molecule has 3 aromatic rings. The molecule has 0 aliphatic carbocycles. The fourth-order valence-corrected chi connectivity index (χ4v) is 3.24. The average molecular weight is 336 g/mol. The van der Waals surface area contributed by atoms with Gasteiger partial charge in [0.25, 0.3) is 5.56 Å². The van der Waals surface area contributed by atoms with Crippen molar-refractivity contribution in [3.63, 3.8) is 0 Å². The van der Waals surface area contributed by atoms with E-state index in [2.05, 4.69) is 26.0 Å². The Balaban J connectivity index is 2.00. The van der Waals surface area contributed by atoms with Gasteiger partial charge in [-0.1, -0.05) is 48.5 Å². The van der Waals surface area contributed by atoms with Gasteiger partial charge in [0.05, 0.1) is 37.3 Å². The van der Waals surface area contributed by atoms with Gasteiger partial charge in [-0.15, -0.1) is 0 Å². The summed E-state index contributed by atoms with van der Waals surface area (Å²) in [6.07, 6.45) is 0.736. The van der Waals surface area contributed by atoms with E-state index in [4.69, 9.17) is 5.10 Å². The summed E-state index contributed by atoms with van der Waals surface area (Å²) in [5, 5.41) is 6.45. The van der Waals surface area contributed by atoms with Crippen molar-refractivity contribution in [3.05, 3.63) is 76.2 Å². The highest BCUT2D eigenvalue weighted by Crippen LogP contribution is 2.16. The molecule has 2 aromatic carbocycles. The van der Waals surface area contributed by atoms with Crippen LogP contribution in [0.25, 0.3) is 10.8 Å². The standard InChI is InChI=1S/C21H25N3O/c1-3-23(4-2)14-15-24-21(25)19-13-9-8-12-18(19)20(22-24)16-17-10-6-5-7-11-17/h5-13H,3-4,14-16H2,1-2H3/p+1. The molecular formula is C21H26N3O+. The maximum atomic E-state index is 12.8. The molecule has 0 fully saturated rings. The van der Waals surface area contributed by atoms with Gasteiger partial charge in [0.1, 0.15) is 0 Å². The van der Waals surface area contributed by atoms with Crippen LogP contribution in [0.2, 0.25) is 0 Å². The normalized spacial score (nSPS) is 11.3. The van der Waals surface area contributed by atoms with E-state index >= 15 is 0 Å². The van der Waals surface area contributed by atoms with Crippen molar-refractivity contribution in [1.82, 2.24) is 9.78 Å². The van der Waals surface area contributed by atoms with E-state index < -0.39 is 0 Å². The van der Waals surface area contributed by atoms with Crippen molar-refractivity contribution in [3.8, 4) is 0 Å². The highest BCUT2D eigenvalue weighted by Gasteiger charge is 2.12. The van der Waals surface area contributed by atoms with E-state index in [1.54, 1.807) is 4.68 Å². The summed E-state index contributed by atoms with van der Waals surface area (Å²) < 4.78 is 1.66. The zero-order valence-corrected chi connectivity index (χ0v) is 15.0. The molecule has 25 heavy (non-hydrogen) atoms. The minimum absolute atomic E-state index is 0.0129. The van der Waals surface area contributed by atoms with Crippen molar-refractivity contribution < 1.29 is 4.90 Å². The third-order valence-electron chi connectivity index (χ3n) is 4.84. The number of nitrogens with one attached hydrogen (secondary N) is 1. The quantitative estimate of drug-likeness (QED) is 0.716. The molecule has 1 N–H and O–H groups in total. The second kappa shape index (κ2) is 8.08. The van der Waals surface area contributed by atoms with Gasteiger partial charge in [0.15, 0.2) is 0 Å². The van der Waals surface area contributed by atoms with E-state index in [0.717, 1.165) is 42.5 Å². The summed E-state index contributed by atoms with van der Waals surface area (Å²) in [7, 11) is 0. The Morgan fingerprint density at radius 2 is 1.56 bits per heavy atom. The van der Waals surface area contributed by atoms with Crippen LogP contribution < -0.4 is 10.5 Å². The lowest BCUT2D eigenvalue weighted by Crippen LogP contribution is -3.11. The van der Waals surface area contributed by atoms with Crippen LogP contribution in [-0.2, 0) is 13.0 Å². The minimum atomic E-state index is 0.0129. The molecule has 0 amide bonds. The lowest BCUT2D eigenvalue weighted by atomic mass is 10.0. The van der Waals surface area contributed by atoms with E-state index in [1.807, 2.05) is 42.5 Å². The first-order valence-electron chi connectivity index (χ1n) is 9.09. The molecule has 0 aliphatic heterocycles. The van der Waals surface area contributed by atoms with Gasteiger partial charge in [0, 0.05) is 11.8 Å². The Hall–Kier alpha value is -2.46. The summed E-state index contributed by atoms with van der Waals surface area (Å²) >= 11 is 0. The van der Waals surface area contributed by atoms with Gasteiger partial charge in [-0.2, -0.15) is 5.10 Å². The number of benzene rings is 2. The van der Waals surface area contributed by atoms with Crippen LogP contribution in [0, 0.1) is 0 Å². The van der Waals surface area contributed by atoms with Gasteiger partial charge in [-0.3, -0.25) is 4.79 Å². The molecule has 0 radical (unpaired) electrons. The molecule has 0 saturated heterocycles. The Bertz CT molecular complexity index is 883. The fourth-order valence-electron chi connectivity index (χ4n) is 3.24. The average Bonchev–Trinajstić information content (AvgIpc) is 2.66. The third-order valence-corrected chi connectivity index (χ3v) is 4.84. The summed E-state index contributed by atoms with van der Waals surface area (Å²) in [5.41, 5.74) is 2.19. The molecule has 4 nitrogen and oxygen atoms in total. The number of quaternary nitrogens is 1. The Labute approximate surface area is 148 Å². The summed E-state index contributed by atoms with van der Waals surface area (Å²) in [6, 6.07) is 18.1. The van der Waals surface area contributed by atoms with Crippen LogP contribution in [0.4, 0.5) is 0 Å². The zero-order chi connectivity index (χ0) is 17.6. The van der Waals surface area contributed by atoms with E-state index in [9.17, 15) is 4.79 Å². The second-order valence-corrected chi connectivity index (χ2v) is 6.39. The van der Waals surface area contributed by atoms with Gasteiger partial charge in [-0.05, 0) is 25.5 Å². The first-order valence-corrected chi connectivity index (χ1v) is 9.09. The van der Waals surface area contributed by atoms with Crippen molar-refractivity contribution in [2.75, 3.05) is 19.6 Å². The molecule has 0 bridgehead atoms. The number of aromatic nitrogens is 2. The lowest BCUT2D eigenvalue weighted by molar-refractivity contribution is -0.897. The third kappa shape index (κ3) is 3.97. The monoisotopic (exact) mass is 336 g/mol. The predicted molar refractivity (Wildman–Crippen MR) is 102 cm³/mol. The SMILES string of the molecule is CC[NH+](CC)CCn1nc(Cc2ccccc2)c2ccccc2c1=O. The molecule has 0 spiro atoms. The Kier molecular flexibility index (Phi) is 5.61. The first kappa shape index (κ1) is 17.4. The number of hydrogen-bond acceptors (Lipinski definition) is 2. The highest BCUT2D eigenvalue weighted by molar-refractivity contribution is 5.83. The van der Waals surface area contributed by atoms with Crippen LogP contribution >= 0.6 is 0 Å². The molecule has 1 aromatic heterocycles. The van der Waals surface area contributed by atoms with E-state index in [0.29, 0.717) is 6.54 Å². The maximum Gasteiger partial charge on any atom is 0.274 e. The van der Waals surface area contributed by atoms with E-state index in [1.165, 1.54) is 10.5 Å². The topological polar surface area (TPSA) is 39.3 Å². The van der Waals surface area contributed by atoms with Gasteiger partial charge >= 0.3 is 0 Å². The number of hydrogen-bond donors (Lipinski definition) is 1. The Morgan fingerprint density at radius 1 is 0.920 bits per heavy atom. The largest absolute Gasteiger partial charge is 0.334 e. The molecule has 3 rings (SSSR count). The van der Waals surface area contributed by atoms with E-state index in [-0.39, 0.29) is 5.56 Å². The van der Waals surface area contributed by atoms with Crippen LogP contribution in [0.15, 0.2) is 59.4 Å². The van der Waals surface area contributed by atoms with Crippen LogP contribution in [0.3, 0.4) is 0 Å². The second-order valence-electron chi connectivity index (χ2n) is 6.39. The molecule has 0 atom stereocenters. The van der Waals surface area contributed by atoms with Crippen LogP contribution in [-0.4, -0.2) is 29.4 Å². The van der Waals surface area contributed by atoms with Gasteiger partial charge in [-0.25, -0.2) is 4.68 Å². The predicted octanol–water partition coefficient (Wildman–Crippen LogP) is 1.91. The fraction of sp³-hybridized carbons (Fsp3) is 0.333. The first-order chi connectivity index (χ1) is 12.2. The van der Waals surface area contributed by atoms with Crippen molar-refractivity contribution in [2.24, 2.45) is 0 Å². The molecule has 0 unspecified atom stereocenters. The molecule has 130 valence electrons. The summed E-state index contributed by atoms with van der Waals surface area (Å²) in [4.78, 5) is 14.3. The number of fused-ring (bicyclic) bond motifs is 1. The molecule has 1 heterocycles. The molecule has 0 aliphatic rings. The number of rotatable bonds is 7. The summed E-state index contributed by atoms with van der Waals surface area (Å²) in [5.74, 6) is 0. The number of nitrogens with zero attached hydrogens (tertiary/aromatic N) is 2. The maximum absolute atomic E-state index is 12.8. The van der Waals surface area contributed by atoms with Gasteiger partial charge in [0.2, 0.25) is 0 Å². The van der Waals surface area contributed by atoms with Gasteiger partial charge < -0.3 is 4.90 Å². The van der Waals surface area contributed by atoms with Crippen molar-refractivity contribution in [2.45, 2.75) is 26.8 Å². The Morgan fingerprint density at radius 3 is 2.24 bits per heavy atom. The molecule has 4 heteroatoms. The molecule has 0 saturated carbocycles. The minimum Gasteiger partial charge on any atom is -0.334 e. The highest BCUT2D eigenvalue weighted by atomic mass is 16.1. The number of likely N-dealkylation sites (N-methyl/N-ethyl adjacent to an activating group) is 1. The summed E-state index contributed by atoms with van der Waals surface area (Å²) in [6.45, 7) is 8.06.